The highest BCUT2D eigenvalue weighted by Crippen LogP contribution is 2.28. The SMILES string of the molecule is COc1ccc(CNS(=O)(=O)c2ccc(C)cc2Cl)cc1OC. The molecule has 0 bridgehead atoms. The van der Waals surface area contributed by atoms with Crippen molar-refractivity contribution in [3.63, 3.8) is 0 Å². The second kappa shape index (κ2) is 7.21. The van der Waals surface area contributed by atoms with Crippen LogP contribution in [0.15, 0.2) is 41.3 Å². The Bertz CT molecular complexity index is 806. The van der Waals surface area contributed by atoms with Crippen LogP contribution >= 0.6 is 11.6 Å². The highest BCUT2D eigenvalue weighted by atomic mass is 35.5. The number of aryl methyl sites for hydroxylation is 1. The third kappa shape index (κ3) is 4.16. The Hall–Kier alpha value is -1.76. The molecule has 0 unspecified atom stereocenters. The molecule has 1 N–H and O–H groups in total. The van der Waals surface area contributed by atoms with Gasteiger partial charge in [-0.15, -0.1) is 0 Å². The minimum absolute atomic E-state index is 0.0604. The van der Waals surface area contributed by atoms with Crippen molar-refractivity contribution in [2.24, 2.45) is 0 Å². The summed E-state index contributed by atoms with van der Waals surface area (Å²) >= 11 is 6.03. The highest BCUT2D eigenvalue weighted by molar-refractivity contribution is 7.89. The Balaban J connectivity index is 2.19. The second-order valence-corrected chi connectivity index (χ2v) is 7.09. The summed E-state index contributed by atoms with van der Waals surface area (Å²) in [4.78, 5) is 0.0604. The minimum atomic E-state index is -3.70. The molecule has 124 valence electrons. The zero-order chi connectivity index (χ0) is 17.0. The molecule has 0 aromatic heterocycles. The molecule has 0 amide bonds. The third-order valence-corrected chi connectivity index (χ3v) is 5.18. The minimum Gasteiger partial charge on any atom is -0.493 e. The molecule has 0 aliphatic carbocycles. The summed E-state index contributed by atoms with van der Waals surface area (Å²) in [5, 5.41) is 0.199. The van der Waals surface area contributed by atoms with Crippen LogP contribution in [0.5, 0.6) is 11.5 Å². The van der Waals surface area contributed by atoms with Crippen LogP contribution in [0.2, 0.25) is 5.02 Å². The maximum Gasteiger partial charge on any atom is 0.242 e. The van der Waals surface area contributed by atoms with E-state index >= 15 is 0 Å². The Labute approximate surface area is 141 Å². The van der Waals surface area contributed by atoms with Gasteiger partial charge in [-0.2, -0.15) is 0 Å². The van der Waals surface area contributed by atoms with E-state index in [4.69, 9.17) is 21.1 Å². The Morgan fingerprint density at radius 1 is 1.04 bits per heavy atom. The van der Waals surface area contributed by atoms with E-state index in [1.807, 2.05) is 6.92 Å². The second-order valence-electron chi connectivity index (χ2n) is 4.95. The van der Waals surface area contributed by atoms with Gasteiger partial charge in [0.1, 0.15) is 4.90 Å². The number of nitrogens with one attached hydrogen (secondary N) is 1. The van der Waals surface area contributed by atoms with Crippen molar-refractivity contribution >= 4 is 21.6 Å². The van der Waals surface area contributed by atoms with E-state index in [0.717, 1.165) is 11.1 Å². The van der Waals surface area contributed by atoms with E-state index < -0.39 is 10.0 Å². The fourth-order valence-corrected chi connectivity index (χ4v) is 3.69. The Morgan fingerprint density at radius 3 is 2.35 bits per heavy atom. The molecule has 2 aromatic carbocycles. The quantitative estimate of drug-likeness (QED) is 0.864. The number of methoxy groups -OCH3 is 2. The van der Waals surface area contributed by atoms with E-state index in [0.29, 0.717) is 11.5 Å². The average Bonchev–Trinajstić information content (AvgIpc) is 2.52. The largest absolute Gasteiger partial charge is 0.493 e. The first kappa shape index (κ1) is 17.6. The standard InChI is InChI=1S/C16H18ClNO4S/c1-11-4-7-16(13(17)8-11)23(19,20)18-10-12-5-6-14(21-2)15(9-12)22-3/h4-9,18H,10H2,1-3H3. The maximum atomic E-state index is 12.4. The van der Waals surface area contributed by atoms with Crippen molar-refractivity contribution in [3.05, 3.63) is 52.5 Å². The van der Waals surface area contributed by atoms with Gasteiger partial charge in [0.15, 0.2) is 11.5 Å². The lowest BCUT2D eigenvalue weighted by Crippen LogP contribution is -2.23. The monoisotopic (exact) mass is 355 g/mol. The van der Waals surface area contributed by atoms with Crippen molar-refractivity contribution < 1.29 is 17.9 Å². The summed E-state index contributed by atoms with van der Waals surface area (Å²) in [6.45, 7) is 1.96. The number of rotatable bonds is 6. The summed E-state index contributed by atoms with van der Waals surface area (Å²) in [6, 6.07) is 10.0. The fourth-order valence-electron chi connectivity index (χ4n) is 2.07. The van der Waals surface area contributed by atoms with E-state index in [1.54, 1.807) is 37.4 Å². The molecule has 2 rings (SSSR count). The van der Waals surface area contributed by atoms with E-state index in [9.17, 15) is 8.42 Å². The lowest BCUT2D eigenvalue weighted by atomic mass is 10.2. The molecular formula is C16H18ClNO4S. The molecule has 5 nitrogen and oxygen atoms in total. The van der Waals surface area contributed by atoms with Crippen LogP contribution in [0, 0.1) is 6.92 Å². The smallest absolute Gasteiger partial charge is 0.242 e. The van der Waals surface area contributed by atoms with Crippen molar-refractivity contribution in [3.8, 4) is 11.5 Å². The van der Waals surface area contributed by atoms with Crippen LogP contribution in [0.25, 0.3) is 0 Å². The fraction of sp³-hybridized carbons (Fsp3) is 0.250. The molecule has 2 aromatic rings. The van der Waals surface area contributed by atoms with Gasteiger partial charge in [-0.05, 0) is 42.3 Å². The summed E-state index contributed by atoms with van der Waals surface area (Å²) < 4.78 is 37.6. The van der Waals surface area contributed by atoms with Crippen LogP contribution in [-0.4, -0.2) is 22.6 Å². The van der Waals surface area contributed by atoms with Gasteiger partial charge in [0.2, 0.25) is 10.0 Å². The molecule has 0 atom stereocenters. The van der Waals surface area contributed by atoms with Crippen LogP contribution < -0.4 is 14.2 Å². The first-order chi connectivity index (χ1) is 10.9. The molecule has 0 heterocycles. The molecule has 0 aliphatic rings. The maximum absolute atomic E-state index is 12.4. The van der Waals surface area contributed by atoms with Crippen molar-refractivity contribution in [2.75, 3.05) is 14.2 Å². The van der Waals surface area contributed by atoms with Gasteiger partial charge in [0.05, 0.1) is 19.2 Å². The number of hydrogen-bond acceptors (Lipinski definition) is 4. The van der Waals surface area contributed by atoms with Crippen LogP contribution in [0.3, 0.4) is 0 Å². The zero-order valence-corrected chi connectivity index (χ0v) is 14.7. The van der Waals surface area contributed by atoms with Crippen molar-refractivity contribution in [1.82, 2.24) is 4.72 Å². The van der Waals surface area contributed by atoms with E-state index in [-0.39, 0.29) is 16.5 Å². The summed E-state index contributed by atoms with van der Waals surface area (Å²) in [6.07, 6.45) is 0. The van der Waals surface area contributed by atoms with Crippen molar-refractivity contribution in [2.45, 2.75) is 18.4 Å². The molecule has 0 saturated heterocycles. The summed E-state index contributed by atoms with van der Waals surface area (Å²) in [7, 11) is -0.628. The molecule has 0 saturated carbocycles. The number of ether oxygens (including phenoxy) is 2. The van der Waals surface area contributed by atoms with Crippen LogP contribution in [0.1, 0.15) is 11.1 Å². The molecule has 0 radical (unpaired) electrons. The lowest BCUT2D eigenvalue weighted by Gasteiger charge is -2.11. The Kier molecular flexibility index (Phi) is 5.51. The predicted molar refractivity (Wildman–Crippen MR) is 89.8 cm³/mol. The number of sulfonamides is 1. The van der Waals surface area contributed by atoms with Gasteiger partial charge in [0.25, 0.3) is 0 Å². The Morgan fingerprint density at radius 2 is 1.74 bits per heavy atom. The van der Waals surface area contributed by atoms with E-state index in [2.05, 4.69) is 4.72 Å². The number of benzene rings is 2. The first-order valence-corrected chi connectivity index (χ1v) is 8.70. The van der Waals surface area contributed by atoms with E-state index in [1.165, 1.54) is 13.2 Å². The number of hydrogen-bond donors (Lipinski definition) is 1. The summed E-state index contributed by atoms with van der Waals surface area (Å²) in [5.41, 5.74) is 1.64. The highest BCUT2D eigenvalue weighted by Gasteiger charge is 2.17. The van der Waals surface area contributed by atoms with Gasteiger partial charge in [0, 0.05) is 6.54 Å². The molecule has 7 heteroatoms. The average molecular weight is 356 g/mol. The molecular weight excluding hydrogens is 338 g/mol. The predicted octanol–water partition coefficient (Wildman–Crippen LogP) is 3.14. The first-order valence-electron chi connectivity index (χ1n) is 6.84. The van der Waals surface area contributed by atoms with Gasteiger partial charge in [-0.1, -0.05) is 23.7 Å². The van der Waals surface area contributed by atoms with Gasteiger partial charge in [-0.3, -0.25) is 0 Å². The summed E-state index contributed by atoms with van der Waals surface area (Å²) in [5.74, 6) is 1.12. The molecule has 23 heavy (non-hydrogen) atoms. The molecule has 0 fully saturated rings. The van der Waals surface area contributed by atoms with Crippen molar-refractivity contribution in [1.29, 1.82) is 0 Å². The topological polar surface area (TPSA) is 64.6 Å². The normalized spacial score (nSPS) is 11.3. The molecule has 0 spiro atoms. The third-order valence-electron chi connectivity index (χ3n) is 3.29. The van der Waals surface area contributed by atoms with Crippen LogP contribution in [-0.2, 0) is 16.6 Å². The van der Waals surface area contributed by atoms with Gasteiger partial charge < -0.3 is 9.47 Å². The lowest BCUT2D eigenvalue weighted by molar-refractivity contribution is 0.354. The van der Waals surface area contributed by atoms with Gasteiger partial charge in [-0.25, -0.2) is 13.1 Å². The van der Waals surface area contributed by atoms with Crippen LogP contribution in [0.4, 0.5) is 0 Å². The van der Waals surface area contributed by atoms with Gasteiger partial charge >= 0.3 is 0 Å². The molecule has 0 aliphatic heterocycles. The zero-order valence-electron chi connectivity index (χ0n) is 13.1. The number of halogens is 1.